The molecule has 0 saturated carbocycles. The van der Waals surface area contributed by atoms with Crippen molar-refractivity contribution in [2.75, 3.05) is 0 Å². The van der Waals surface area contributed by atoms with Crippen molar-refractivity contribution < 1.29 is 0 Å². The summed E-state index contributed by atoms with van der Waals surface area (Å²) in [5.74, 6) is 0.793. The zero-order valence-electron chi connectivity index (χ0n) is 12.3. The van der Waals surface area contributed by atoms with Crippen molar-refractivity contribution in [1.82, 2.24) is 29.5 Å². The average molecular weight is 290 g/mol. The van der Waals surface area contributed by atoms with E-state index in [1.807, 2.05) is 61.1 Å². The Kier molecular flexibility index (Phi) is 2.75. The standard InChI is InChI=1S/C16H14N6/c1-11-5-3-6-12(18-11)16-17-9-10-22(16)14-8-4-7-13-15(14)19-20-21(13)2/h3-10H,1-2H3. The van der Waals surface area contributed by atoms with E-state index in [4.69, 9.17) is 0 Å². The smallest absolute Gasteiger partial charge is 0.163 e. The van der Waals surface area contributed by atoms with Gasteiger partial charge in [-0.15, -0.1) is 5.10 Å². The maximum atomic E-state index is 4.56. The molecule has 4 aromatic rings. The van der Waals surface area contributed by atoms with Crippen LogP contribution in [0.4, 0.5) is 0 Å². The molecule has 0 saturated heterocycles. The van der Waals surface area contributed by atoms with Gasteiger partial charge < -0.3 is 0 Å². The second-order valence-corrected chi connectivity index (χ2v) is 5.14. The number of benzene rings is 1. The summed E-state index contributed by atoms with van der Waals surface area (Å²) in [6, 6.07) is 11.9. The maximum Gasteiger partial charge on any atom is 0.163 e. The first kappa shape index (κ1) is 12.7. The lowest BCUT2D eigenvalue weighted by molar-refractivity contribution is 0.736. The zero-order chi connectivity index (χ0) is 15.1. The van der Waals surface area contributed by atoms with Crippen molar-refractivity contribution in [2.24, 2.45) is 7.05 Å². The minimum Gasteiger partial charge on any atom is -0.296 e. The Morgan fingerprint density at radius 1 is 1.05 bits per heavy atom. The third-order valence-electron chi connectivity index (χ3n) is 3.64. The van der Waals surface area contributed by atoms with Crippen molar-refractivity contribution in [2.45, 2.75) is 6.92 Å². The lowest BCUT2D eigenvalue weighted by Gasteiger charge is -2.08. The summed E-state index contributed by atoms with van der Waals surface area (Å²) in [6.45, 7) is 1.97. The average Bonchev–Trinajstić information content (AvgIpc) is 3.14. The number of aromatic nitrogens is 6. The number of pyridine rings is 1. The number of aryl methyl sites for hydroxylation is 2. The molecule has 0 aliphatic rings. The van der Waals surface area contributed by atoms with E-state index in [9.17, 15) is 0 Å². The van der Waals surface area contributed by atoms with Crippen molar-refractivity contribution in [1.29, 1.82) is 0 Å². The molecule has 0 atom stereocenters. The van der Waals surface area contributed by atoms with Gasteiger partial charge in [-0.25, -0.2) is 14.6 Å². The zero-order valence-corrected chi connectivity index (χ0v) is 12.3. The monoisotopic (exact) mass is 290 g/mol. The van der Waals surface area contributed by atoms with Gasteiger partial charge in [0.1, 0.15) is 11.2 Å². The molecule has 0 fully saturated rings. The first-order valence-corrected chi connectivity index (χ1v) is 7.00. The Bertz CT molecular complexity index is 966. The number of fused-ring (bicyclic) bond motifs is 1. The molecule has 1 aromatic carbocycles. The van der Waals surface area contributed by atoms with Crippen LogP contribution in [0.15, 0.2) is 48.8 Å². The summed E-state index contributed by atoms with van der Waals surface area (Å²) in [4.78, 5) is 9.03. The van der Waals surface area contributed by atoms with Gasteiger partial charge in [0.2, 0.25) is 0 Å². The molecular formula is C16H14N6. The first-order valence-electron chi connectivity index (χ1n) is 7.00. The molecule has 0 aliphatic carbocycles. The van der Waals surface area contributed by atoms with Gasteiger partial charge in [0.15, 0.2) is 5.82 Å². The second kappa shape index (κ2) is 4.77. The molecule has 4 rings (SSSR count). The van der Waals surface area contributed by atoms with Crippen molar-refractivity contribution in [3.63, 3.8) is 0 Å². The fraction of sp³-hybridized carbons (Fsp3) is 0.125. The SMILES string of the molecule is Cc1cccc(-c2nccn2-c2cccc3c2nnn3C)n1. The molecule has 22 heavy (non-hydrogen) atoms. The van der Waals surface area contributed by atoms with Crippen LogP contribution in [0.25, 0.3) is 28.2 Å². The predicted octanol–water partition coefficient (Wildman–Crippen LogP) is 2.52. The molecule has 0 aliphatic heterocycles. The molecule has 0 N–H and O–H groups in total. The van der Waals surface area contributed by atoms with Gasteiger partial charge in [-0.3, -0.25) is 4.57 Å². The maximum absolute atomic E-state index is 4.56. The van der Waals surface area contributed by atoms with Crippen LogP contribution in [0, 0.1) is 6.92 Å². The normalized spacial score (nSPS) is 11.2. The van der Waals surface area contributed by atoms with E-state index in [1.165, 1.54) is 0 Å². The third-order valence-corrected chi connectivity index (χ3v) is 3.64. The van der Waals surface area contributed by atoms with Crippen LogP contribution in [0.5, 0.6) is 0 Å². The van der Waals surface area contributed by atoms with Gasteiger partial charge in [0, 0.05) is 25.1 Å². The quantitative estimate of drug-likeness (QED) is 0.569. The van der Waals surface area contributed by atoms with Crippen LogP contribution >= 0.6 is 0 Å². The van der Waals surface area contributed by atoms with Crippen LogP contribution in [-0.2, 0) is 7.05 Å². The summed E-state index contributed by atoms with van der Waals surface area (Å²) in [5.41, 5.74) is 4.57. The highest BCUT2D eigenvalue weighted by molar-refractivity contribution is 5.84. The molecule has 0 amide bonds. The molecule has 6 nitrogen and oxygen atoms in total. The Morgan fingerprint density at radius 2 is 1.91 bits per heavy atom. The highest BCUT2D eigenvalue weighted by Gasteiger charge is 2.13. The van der Waals surface area contributed by atoms with Crippen LogP contribution in [-0.4, -0.2) is 29.5 Å². The molecule has 0 spiro atoms. The van der Waals surface area contributed by atoms with Crippen molar-refractivity contribution in [3.05, 3.63) is 54.5 Å². The van der Waals surface area contributed by atoms with Gasteiger partial charge in [0.25, 0.3) is 0 Å². The molecule has 6 heteroatoms. The van der Waals surface area contributed by atoms with Gasteiger partial charge in [-0.2, -0.15) is 0 Å². The van der Waals surface area contributed by atoms with E-state index >= 15 is 0 Å². The summed E-state index contributed by atoms with van der Waals surface area (Å²) >= 11 is 0. The van der Waals surface area contributed by atoms with Gasteiger partial charge in [-0.05, 0) is 31.2 Å². The van der Waals surface area contributed by atoms with Gasteiger partial charge in [-0.1, -0.05) is 17.3 Å². The topological polar surface area (TPSA) is 61.4 Å². The minimum absolute atomic E-state index is 0.793. The van der Waals surface area contributed by atoms with E-state index < -0.39 is 0 Å². The first-order chi connectivity index (χ1) is 10.7. The van der Waals surface area contributed by atoms with E-state index in [0.29, 0.717) is 0 Å². The van der Waals surface area contributed by atoms with Crippen LogP contribution in [0.3, 0.4) is 0 Å². The van der Waals surface area contributed by atoms with Crippen LogP contribution in [0.1, 0.15) is 5.69 Å². The van der Waals surface area contributed by atoms with Gasteiger partial charge >= 0.3 is 0 Å². The van der Waals surface area contributed by atoms with Crippen molar-refractivity contribution in [3.8, 4) is 17.2 Å². The van der Waals surface area contributed by atoms with Crippen LogP contribution in [0.2, 0.25) is 0 Å². The van der Waals surface area contributed by atoms with Gasteiger partial charge in [0.05, 0.1) is 11.2 Å². The molecule has 108 valence electrons. The Morgan fingerprint density at radius 3 is 2.77 bits per heavy atom. The molecule has 3 heterocycles. The highest BCUT2D eigenvalue weighted by Crippen LogP contribution is 2.24. The number of rotatable bonds is 2. The lowest BCUT2D eigenvalue weighted by atomic mass is 10.2. The summed E-state index contributed by atoms with van der Waals surface area (Å²) < 4.78 is 3.76. The van der Waals surface area contributed by atoms with E-state index in [2.05, 4.69) is 20.3 Å². The highest BCUT2D eigenvalue weighted by atomic mass is 15.4. The molecular weight excluding hydrogens is 276 g/mol. The number of hydrogen-bond acceptors (Lipinski definition) is 4. The summed E-state index contributed by atoms with van der Waals surface area (Å²) in [5, 5.41) is 8.37. The predicted molar refractivity (Wildman–Crippen MR) is 83.6 cm³/mol. The number of nitrogens with zero attached hydrogens (tertiary/aromatic N) is 6. The Hall–Kier alpha value is -3.02. The Labute approximate surface area is 127 Å². The lowest BCUT2D eigenvalue weighted by Crippen LogP contribution is -1.99. The van der Waals surface area contributed by atoms with E-state index in [0.717, 1.165) is 33.9 Å². The summed E-state index contributed by atoms with van der Waals surface area (Å²) in [6.07, 6.45) is 3.69. The Balaban J connectivity index is 1.96. The number of hydrogen-bond donors (Lipinski definition) is 0. The van der Waals surface area contributed by atoms with Crippen LogP contribution < -0.4 is 0 Å². The minimum atomic E-state index is 0.793. The molecule has 0 radical (unpaired) electrons. The second-order valence-electron chi connectivity index (χ2n) is 5.14. The van der Waals surface area contributed by atoms with E-state index in [1.54, 1.807) is 10.9 Å². The fourth-order valence-electron chi connectivity index (χ4n) is 2.59. The van der Waals surface area contributed by atoms with E-state index in [-0.39, 0.29) is 0 Å². The largest absolute Gasteiger partial charge is 0.296 e. The van der Waals surface area contributed by atoms with Crippen molar-refractivity contribution >= 4 is 11.0 Å². The fourth-order valence-corrected chi connectivity index (χ4v) is 2.59. The molecule has 0 bridgehead atoms. The number of imidazole rings is 1. The third kappa shape index (κ3) is 1.88. The molecule has 3 aromatic heterocycles. The summed E-state index contributed by atoms with van der Waals surface area (Å²) in [7, 11) is 1.88. The molecule has 0 unspecified atom stereocenters.